The molecule has 1 aliphatic carbocycles. The predicted molar refractivity (Wildman–Crippen MR) is 104 cm³/mol. The summed E-state index contributed by atoms with van der Waals surface area (Å²) >= 11 is 0. The van der Waals surface area contributed by atoms with Crippen LogP contribution in [0.25, 0.3) is 0 Å². The van der Waals surface area contributed by atoms with Crippen molar-refractivity contribution in [1.29, 1.82) is 0 Å². The van der Waals surface area contributed by atoms with E-state index >= 15 is 0 Å². The van der Waals surface area contributed by atoms with Gasteiger partial charge in [0.1, 0.15) is 0 Å². The number of carbonyl (C=O) groups excluding carboxylic acids is 1. The molecule has 6 heteroatoms. The minimum Gasteiger partial charge on any atom is -0.372 e. The van der Waals surface area contributed by atoms with Crippen LogP contribution >= 0.6 is 0 Å². The molecule has 1 aromatic heterocycles. The Hall–Kier alpha value is -2.50. The Morgan fingerprint density at radius 3 is 2.65 bits per heavy atom. The molecule has 1 unspecified atom stereocenters. The maximum absolute atomic E-state index is 12.4. The molecule has 1 aromatic carbocycles. The molecule has 2 heterocycles. The van der Waals surface area contributed by atoms with Crippen molar-refractivity contribution < 1.29 is 4.79 Å². The predicted octanol–water partition coefficient (Wildman–Crippen LogP) is 3.61. The van der Waals surface area contributed by atoms with Crippen LogP contribution in [0.5, 0.6) is 0 Å². The zero-order valence-corrected chi connectivity index (χ0v) is 15.4. The molecule has 1 aliphatic heterocycles. The van der Waals surface area contributed by atoms with E-state index in [9.17, 15) is 4.79 Å². The van der Waals surface area contributed by atoms with Gasteiger partial charge in [-0.1, -0.05) is 0 Å². The SMILES string of the molecule is Cn1ncc2c1CCCC2NC(=O)Nc1ccc(N2CCCCC2)cc1. The second-order valence-electron chi connectivity index (χ2n) is 7.31. The standard InChI is InChI=1S/C20H27N5O/c1-24-19-7-5-6-18(17(19)14-21-24)23-20(26)22-15-8-10-16(11-9-15)25-12-3-2-4-13-25/h8-11,14,18H,2-7,12-13H2,1H3,(H2,22,23,26). The van der Waals surface area contributed by atoms with Gasteiger partial charge in [0.2, 0.25) is 0 Å². The van der Waals surface area contributed by atoms with Crippen molar-refractivity contribution in [3.8, 4) is 0 Å². The third kappa shape index (κ3) is 3.54. The zero-order chi connectivity index (χ0) is 17.9. The summed E-state index contributed by atoms with van der Waals surface area (Å²) in [6, 6.07) is 8.05. The van der Waals surface area contributed by atoms with Crippen molar-refractivity contribution in [1.82, 2.24) is 15.1 Å². The topological polar surface area (TPSA) is 62.2 Å². The number of hydrogen-bond donors (Lipinski definition) is 2. The number of amides is 2. The van der Waals surface area contributed by atoms with Crippen molar-refractivity contribution in [2.75, 3.05) is 23.3 Å². The summed E-state index contributed by atoms with van der Waals surface area (Å²) in [6.07, 6.45) is 8.80. The molecule has 1 fully saturated rings. The number of piperidine rings is 1. The molecule has 4 rings (SSSR count). The van der Waals surface area contributed by atoms with Gasteiger partial charge in [0.25, 0.3) is 0 Å². The van der Waals surface area contributed by atoms with Gasteiger partial charge in [-0.3, -0.25) is 4.68 Å². The van der Waals surface area contributed by atoms with E-state index in [1.807, 2.05) is 30.1 Å². The fourth-order valence-corrected chi connectivity index (χ4v) is 4.09. The molecule has 1 atom stereocenters. The van der Waals surface area contributed by atoms with Crippen molar-refractivity contribution in [3.05, 3.63) is 41.7 Å². The van der Waals surface area contributed by atoms with Gasteiger partial charge in [-0.05, 0) is 62.8 Å². The maximum atomic E-state index is 12.4. The lowest BCUT2D eigenvalue weighted by molar-refractivity contribution is 0.247. The largest absolute Gasteiger partial charge is 0.372 e. The highest BCUT2D eigenvalue weighted by Crippen LogP contribution is 2.29. The Labute approximate surface area is 154 Å². The van der Waals surface area contributed by atoms with E-state index < -0.39 is 0 Å². The second kappa shape index (κ2) is 7.40. The number of rotatable bonds is 3. The molecule has 0 radical (unpaired) electrons. The Kier molecular flexibility index (Phi) is 4.82. The van der Waals surface area contributed by atoms with E-state index in [4.69, 9.17) is 0 Å². The number of aryl methyl sites for hydroxylation is 1. The summed E-state index contributed by atoms with van der Waals surface area (Å²) in [5, 5.41) is 10.4. The lowest BCUT2D eigenvalue weighted by atomic mass is 9.93. The van der Waals surface area contributed by atoms with Gasteiger partial charge in [-0.25, -0.2) is 4.79 Å². The smallest absolute Gasteiger partial charge is 0.319 e. The number of carbonyl (C=O) groups is 1. The molecule has 2 aliphatic rings. The second-order valence-corrected chi connectivity index (χ2v) is 7.31. The summed E-state index contributed by atoms with van der Waals surface area (Å²) in [4.78, 5) is 14.8. The van der Waals surface area contributed by atoms with E-state index in [2.05, 4.69) is 32.8 Å². The van der Waals surface area contributed by atoms with E-state index in [0.29, 0.717) is 0 Å². The summed E-state index contributed by atoms with van der Waals surface area (Å²) in [7, 11) is 1.96. The number of fused-ring (bicyclic) bond motifs is 1. The lowest BCUT2D eigenvalue weighted by Gasteiger charge is -2.29. The first-order valence-corrected chi connectivity index (χ1v) is 9.64. The average molecular weight is 353 g/mol. The van der Waals surface area contributed by atoms with Gasteiger partial charge in [-0.15, -0.1) is 0 Å². The van der Waals surface area contributed by atoms with Crippen molar-refractivity contribution in [2.45, 2.75) is 44.6 Å². The van der Waals surface area contributed by atoms with Gasteiger partial charge < -0.3 is 15.5 Å². The van der Waals surface area contributed by atoms with Gasteiger partial charge in [-0.2, -0.15) is 5.10 Å². The third-order valence-electron chi connectivity index (χ3n) is 5.53. The summed E-state index contributed by atoms with van der Waals surface area (Å²) in [5.74, 6) is 0. The van der Waals surface area contributed by atoms with Crippen LogP contribution in [0.1, 0.15) is 49.4 Å². The minimum atomic E-state index is -0.155. The Morgan fingerprint density at radius 1 is 1.12 bits per heavy atom. The Morgan fingerprint density at radius 2 is 1.88 bits per heavy atom. The number of nitrogens with one attached hydrogen (secondary N) is 2. The molecule has 2 N–H and O–H groups in total. The van der Waals surface area contributed by atoms with E-state index in [-0.39, 0.29) is 12.1 Å². The van der Waals surface area contributed by atoms with E-state index in [1.165, 1.54) is 30.6 Å². The molecular weight excluding hydrogens is 326 g/mol. The fraction of sp³-hybridized carbons (Fsp3) is 0.500. The van der Waals surface area contributed by atoms with Crippen LogP contribution in [-0.4, -0.2) is 28.9 Å². The highest BCUT2D eigenvalue weighted by molar-refractivity contribution is 5.89. The number of benzene rings is 1. The third-order valence-corrected chi connectivity index (χ3v) is 5.53. The quantitative estimate of drug-likeness (QED) is 0.886. The van der Waals surface area contributed by atoms with Crippen LogP contribution < -0.4 is 15.5 Å². The molecular formula is C20H27N5O. The molecule has 0 spiro atoms. The molecule has 138 valence electrons. The van der Waals surface area contributed by atoms with Crippen molar-refractivity contribution >= 4 is 17.4 Å². The number of aromatic nitrogens is 2. The zero-order valence-electron chi connectivity index (χ0n) is 15.4. The van der Waals surface area contributed by atoms with Crippen LogP contribution in [0.2, 0.25) is 0 Å². The highest BCUT2D eigenvalue weighted by atomic mass is 16.2. The molecule has 26 heavy (non-hydrogen) atoms. The van der Waals surface area contributed by atoms with Gasteiger partial charge in [0, 0.05) is 42.8 Å². The van der Waals surface area contributed by atoms with Crippen molar-refractivity contribution in [2.24, 2.45) is 7.05 Å². The number of urea groups is 1. The summed E-state index contributed by atoms with van der Waals surface area (Å²) < 4.78 is 1.92. The maximum Gasteiger partial charge on any atom is 0.319 e. The number of anilines is 2. The lowest BCUT2D eigenvalue weighted by Crippen LogP contribution is -2.34. The first-order chi connectivity index (χ1) is 12.7. The minimum absolute atomic E-state index is 0.0417. The molecule has 2 amide bonds. The van der Waals surface area contributed by atoms with Crippen LogP contribution in [0.3, 0.4) is 0 Å². The molecule has 0 saturated carbocycles. The van der Waals surface area contributed by atoms with Crippen LogP contribution in [0, 0.1) is 0 Å². The van der Waals surface area contributed by atoms with E-state index in [1.54, 1.807) is 0 Å². The molecule has 6 nitrogen and oxygen atoms in total. The number of nitrogens with zero attached hydrogens (tertiary/aromatic N) is 3. The average Bonchev–Trinajstić information content (AvgIpc) is 3.05. The summed E-state index contributed by atoms with van der Waals surface area (Å²) in [6.45, 7) is 2.25. The van der Waals surface area contributed by atoms with Crippen LogP contribution in [0.15, 0.2) is 30.5 Å². The van der Waals surface area contributed by atoms with Gasteiger partial charge >= 0.3 is 6.03 Å². The molecule has 1 saturated heterocycles. The highest BCUT2D eigenvalue weighted by Gasteiger charge is 2.24. The van der Waals surface area contributed by atoms with Crippen LogP contribution in [-0.2, 0) is 13.5 Å². The summed E-state index contributed by atoms with van der Waals surface area (Å²) in [5.41, 5.74) is 4.44. The Bertz CT molecular complexity index is 761. The molecule has 2 aromatic rings. The van der Waals surface area contributed by atoms with Crippen molar-refractivity contribution in [3.63, 3.8) is 0 Å². The Balaban J connectivity index is 1.36. The first kappa shape index (κ1) is 16.9. The van der Waals surface area contributed by atoms with Gasteiger partial charge in [0.05, 0.1) is 12.2 Å². The first-order valence-electron chi connectivity index (χ1n) is 9.64. The fourth-order valence-electron chi connectivity index (χ4n) is 4.09. The normalized spacial score (nSPS) is 19.7. The number of hydrogen-bond acceptors (Lipinski definition) is 3. The van der Waals surface area contributed by atoms with Gasteiger partial charge in [0.15, 0.2) is 0 Å². The van der Waals surface area contributed by atoms with Crippen LogP contribution in [0.4, 0.5) is 16.2 Å². The molecule has 0 bridgehead atoms. The van der Waals surface area contributed by atoms with E-state index in [0.717, 1.165) is 43.6 Å². The monoisotopic (exact) mass is 353 g/mol.